The molecule has 2 rings (SSSR count). The van der Waals surface area contributed by atoms with Crippen LogP contribution in [-0.4, -0.2) is 17.2 Å². The molecule has 1 aliphatic heterocycles. The standard InChI is InChI=1S/C8H6N2O2/c11-8(12)6-3-5-1-2-9-7(5)10-4-6/h2-4H,1H2,(H,11,12)/p-1. The normalized spacial score (nSPS) is 13.0. The second-order valence-electron chi connectivity index (χ2n) is 2.51. The molecule has 0 amide bonds. The summed E-state index contributed by atoms with van der Waals surface area (Å²) in [4.78, 5) is 18.2. The van der Waals surface area contributed by atoms with E-state index < -0.39 is 5.97 Å². The van der Waals surface area contributed by atoms with Gasteiger partial charge < -0.3 is 9.90 Å². The Morgan fingerprint density at radius 1 is 1.58 bits per heavy atom. The molecule has 0 radical (unpaired) electrons. The summed E-state index contributed by atoms with van der Waals surface area (Å²) >= 11 is 0. The van der Waals surface area contributed by atoms with Crippen LogP contribution < -0.4 is 5.11 Å². The highest BCUT2D eigenvalue weighted by Gasteiger charge is 2.08. The minimum atomic E-state index is -1.20. The van der Waals surface area contributed by atoms with Gasteiger partial charge in [0.25, 0.3) is 0 Å². The third kappa shape index (κ3) is 0.972. The average Bonchev–Trinajstić information content (AvgIpc) is 2.49. The SMILES string of the molecule is O=C([O-])c1cnc2c(c1)CC=N2. The van der Waals surface area contributed by atoms with E-state index >= 15 is 0 Å². The van der Waals surface area contributed by atoms with E-state index in [-0.39, 0.29) is 5.56 Å². The van der Waals surface area contributed by atoms with Gasteiger partial charge >= 0.3 is 0 Å². The number of rotatable bonds is 1. The summed E-state index contributed by atoms with van der Waals surface area (Å²) in [5.74, 6) is -0.586. The minimum Gasteiger partial charge on any atom is -0.545 e. The van der Waals surface area contributed by atoms with Crippen LogP contribution in [-0.2, 0) is 6.42 Å². The van der Waals surface area contributed by atoms with Crippen molar-refractivity contribution in [2.45, 2.75) is 6.42 Å². The Hall–Kier alpha value is -1.71. The van der Waals surface area contributed by atoms with E-state index in [2.05, 4.69) is 9.98 Å². The average molecular weight is 161 g/mol. The lowest BCUT2D eigenvalue weighted by Crippen LogP contribution is -2.22. The van der Waals surface area contributed by atoms with Crippen molar-refractivity contribution in [1.29, 1.82) is 0 Å². The molecule has 12 heavy (non-hydrogen) atoms. The third-order valence-electron chi connectivity index (χ3n) is 1.70. The van der Waals surface area contributed by atoms with Crippen LogP contribution in [0.25, 0.3) is 0 Å². The maximum absolute atomic E-state index is 10.4. The van der Waals surface area contributed by atoms with Gasteiger partial charge in [0.15, 0.2) is 5.82 Å². The predicted molar refractivity (Wildman–Crippen MR) is 40.4 cm³/mol. The van der Waals surface area contributed by atoms with Crippen molar-refractivity contribution >= 4 is 18.0 Å². The fraction of sp³-hybridized carbons (Fsp3) is 0.125. The molecule has 0 spiro atoms. The second-order valence-corrected chi connectivity index (χ2v) is 2.51. The van der Waals surface area contributed by atoms with E-state index in [0.717, 1.165) is 5.56 Å². The molecule has 0 atom stereocenters. The van der Waals surface area contributed by atoms with Gasteiger partial charge in [-0.1, -0.05) is 0 Å². The number of carbonyl (C=O) groups excluding carboxylic acids is 1. The zero-order valence-electron chi connectivity index (χ0n) is 6.15. The number of carboxylic acid groups (broad SMARTS) is 1. The van der Waals surface area contributed by atoms with Crippen LogP contribution in [0.1, 0.15) is 15.9 Å². The second kappa shape index (κ2) is 2.41. The Balaban J connectivity index is 2.49. The first-order valence-corrected chi connectivity index (χ1v) is 3.50. The van der Waals surface area contributed by atoms with Crippen LogP contribution in [0.4, 0.5) is 5.82 Å². The molecule has 4 heteroatoms. The first-order chi connectivity index (χ1) is 5.77. The molecule has 0 fully saturated rings. The van der Waals surface area contributed by atoms with Crippen molar-refractivity contribution in [2.75, 3.05) is 0 Å². The summed E-state index contributed by atoms with van der Waals surface area (Å²) in [7, 11) is 0. The Kier molecular flexibility index (Phi) is 1.40. The maximum Gasteiger partial charge on any atom is 0.155 e. The van der Waals surface area contributed by atoms with Crippen LogP contribution in [0.15, 0.2) is 17.3 Å². The van der Waals surface area contributed by atoms with Gasteiger partial charge in [0.05, 0.1) is 5.97 Å². The summed E-state index contributed by atoms with van der Waals surface area (Å²) in [6, 6.07) is 1.55. The molecule has 1 aromatic heterocycles. The van der Waals surface area contributed by atoms with Gasteiger partial charge in [-0.25, -0.2) is 9.98 Å². The summed E-state index contributed by atoms with van der Waals surface area (Å²) in [5.41, 5.74) is 0.955. The monoisotopic (exact) mass is 161 g/mol. The number of fused-ring (bicyclic) bond motifs is 1. The first kappa shape index (κ1) is 6.97. The zero-order valence-corrected chi connectivity index (χ0v) is 6.15. The molecular formula is C8H5N2O2-. The van der Waals surface area contributed by atoms with E-state index in [1.165, 1.54) is 6.20 Å². The van der Waals surface area contributed by atoms with Crippen molar-refractivity contribution in [3.63, 3.8) is 0 Å². The van der Waals surface area contributed by atoms with Crippen LogP contribution in [0.5, 0.6) is 0 Å². The smallest absolute Gasteiger partial charge is 0.155 e. The minimum absolute atomic E-state index is 0.110. The van der Waals surface area contributed by atoms with Gasteiger partial charge in [-0.3, -0.25) is 0 Å². The van der Waals surface area contributed by atoms with Gasteiger partial charge in [0.2, 0.25) is 0 Å². The number of aliphatic imine (C=N–C) groups is 1. The highest BCUT2D eigenvalue weighted by molar-refractivity contribution is 5.87. The molecule has 0 saturated carbocycles. The molecule has 0 saturated heterocycles. The topological polar surface area (TPSA) is 65.4 Å². The zero-order chi connectivity index (χ0) is 8.55. The fourth-order valence-corrected chi connectivity index (χ4v) is 1.11. The molecule has 0 aliphatic carbocycles. The first-order valence-electron chi connectivity index (χ1n) is 3.50. The van der Waals surface area contributed by atoms with Crippen LogP contribution in [0.3, 0.4) is 0 Å². The number of carbonyl (C=O) groups is 1. The largest absolute Gasteiger partial charge is 0.545 e. The summed E-state index contributed by atoms with van der Waals surface area (Å²) in [5, 5.41) is 10.4. The van der Waals surface area contributed by atoms with Gasteiger partial charge in [-0.2, -0.15) is 0 Å². The Bertz CT molecular complexity index is 371. The van der Waals surface area contributed by atoms with E-state index in [1.54, 1.807) is 12.3 Å². The van der Waals surface area contributed by atoms with Crippen molar-refractivity contribution in [2.24, 2.45) is 4.99 Å². The lowest BCUT2D eigenvalue weighted by atomic mass is 10.2. The number of carboxylic acids is 1. The Morgan fingerprint density at radius 2 is 2.42 bits per heavy atom. The summed E-state index contributed by atoms with van der Waals surface area (Å²) in [6.45, 7) is 0. The van der Waals surface area contributed by atoms with Crippen LogP contribution in [0, 0.1) is 0 Å². The number of hydrogen-bond acceptors (Lipinski definition) is 4. The van der Waals surface area contributed by atoms with Crippen LogP contribution in [0.2, 0.25) is 0 Å². The van der Waals surface area contributed by atoms with E-state index in [0.29, 0.717) is 12.2 Å². The number of aromatic carboxylic acids is 1. The van der Waals surface area contributed by atoms with Gasteiger partial charge in [-0.05, 0) is 6.07 Å². The Morgan fingerprint density at radius 3 is 3.17 bits per heavy atom. The molecule has 0 unspecified atom stereocenters. The van der Waals surface area contributed by atoms with E-state index in [1.807, 2.05) is 0 Å². The highest BCUT2D eigenvalue weighted by Crippen LogP contribution is 2.21. The number of pyridine rings is 1. The quantitative estimate of drug-likeness (QED) is 0.568. The Labute approximate surface area is 68.6 Å². The van der Waals surface area contributed by atoms with Crippen molar-refractivity contribution < 1.29 is 9.90 Å². The molecule has 60 valence electrons. The molecule has 0 N–H and O–H groups in total. The van der Waals surface area contributed by atoms with Crippen molar-refractivity contribution in [1.82, 2.24) is 4.98 Å². The highest BCUT2D eigenvalue weighted by atomic mass is 16.4. The van der Waals surface area contributed by atoms with Crippen LogP contribution >= 0.6 is 0 Å². The lowest BCUT2D eigenvalue weighted by Gasteiger charge is -2.02. The molecular weight excluding hydrogens is 156 g/mol. The fourth-order valence-electron chi connectivity index (χ4n) is 1.11. The lowest BCUT2D eigenvalue weighted by molar-refractivity contribution is -0.255. The van der Waals surface area contributed by atoms with E-state index in [4.69, 9.17) is 0 Å². The van der Waals surface area contributed by atoms with Crippen molar-refractivity contribution in [3.8, 4) is 0 Å². The number of aromatic nitrogens is 1. The number of nitrogens with zero attached hydrogens (tertiary/aromatic N) is 2. The molecule has 1 aliphatic rings. The summed E-state index contributed by atoms with van der Waals surface area (Å²) in [6.07, 6.45) is 3.62. The van der Waals surface area contributed by atoms with E-state index in [9.17, 15) is 9.90 Å². The molecule has 0 aromatic carbocycles. The predicted octanol–water partition coefficient (Wildman–Crippen LogP) is -0.296. The molecule has 2 heterocycles. The summed E-state index contributed by atoms with van der Waals surface area (Å²) < 4.78 is 0. The number of hydrogen-bond donors (Lipinski definition) is 0. The van der Waals surface area contributed by atoms with Crippen molar-refractivity contribution in [3.05, 3.63) is 23.4 Å². The molecule has 1 aromatic rings. The molecule has 0 bridgehead atoms. The third-order valence-corrected chi connectivity index (χ3v) is 1.70. The molecule has 4 nitrogen and oxygen atoms in total. The van der Waals surface area contributed by atoms with Gasteiger partial charge in [0, 0.05) is 30.0 Å². The maximum atomic E-state index is 10.4. The van der Waals surface area contributed by atoms with Gasteiger partial charge in [0.1, 0.15) is 0 Å². The van der Waals surface area contributed by atoms with Gasteiger partial charge in [-0.15, -0.1) is 0 Å².